The van der Waals surface area contributed by atoms with Gasteiger partial charge in [0.1, 0.15) is 57.7 Å². The van der Waals surface area contributed by atoms with E-state index >= 15 is 0 Å². The highest BCUT2D eigenvalue weighted by Gasteiger charge is 2.26. The normalized spacial score (nSPS) is 12.5. The van der Waals surface area contributed by atoms with Crippen molar-refractivity contribution in [2.24, 2.45) is 0 Å². The molecular weight excluding hydrogens is 583 g/mol. The SMILES string of the molecule is CON(C)C(CS(C)(=O)=O)c1ccc(-c2ccc3ncnc(Nc4ccc(OCc5cccc(F)c5)c(Cl)c4)c3c2)o1. The Morgan fingerprint density at radius 1 is 1.07 bits per heavy atom. The molecule has 2 aromatic heterocycles. The van der Waals surface area contributed by atoms with Crippen LogP contribution < -0.4 is 10.1 Å². The number of furan rings is 1. The molecule has 5 rings (SSSR count). The first-order valence-corrected chi connectivity index (χ1v) is 15.3. The molecule has 0 fully saturated rings. The number of ether oxygens (including phenoxy) is 1. The minimum atomic E-state index is -3.31. The number of hydrogen-bond donors (Lipinski definition) is 1. The summed E-state index contributed by atoms with van der Waals surface area (Å²) < 4.78 is 49.4. The number of halogens is 2. The number of hydroxylamine groups is 2. The summed E-state index contributed by atoms with van der Waals surface area (Å²) in [6, 6.07) is 20.0. The van der Waals surface area contributed by atoms with Crippen molar-refractivity contribution in [1.29, 1.82) is 0 Å². The van der Waals surface area contributed by atoms with Gasteiger partial charge in [-0.1, -0.05) is 23.7 Å². The fraction of sp³-hybridized carbons (Fsp3) is 0.200. The van der Waals surface area contributed by atoms with Crippen molar-refractivity contribution < 1.29 is 26.8 Å². The standard InChI is InChI=1S/C30H28ClFN4O5S/c1-36(39-2)26(17-42(3,37)38)29-12-11-27(41-29)20-7-9-25-23(14-20)30(34-18-33-25)35-22-8-10-28(24(31)15-22)40-16-19-5-4-6-21(32)13-19/h4-15,18,26H,16-17H2,1-3H3,(H,33,34,35). The Morgan fingerprint density at radius 2 is 1.90 bits per heavy atom. The molecule has 218 valence electrons. The zero-order valence-corrected chi connectivity index (χ0v) is 24.6. The molecule has 0 bridgehead atoms. The second-order valence-electron chi connectivity index (χ2n) is 9.68. The number of hydrogen-bond acceptors (Lipinski definition) is 9. The molecule has 2 heterocycles. The third kappa shape index (κ3) is 7.05. The van der Waals surface area contributed by atoms with Crippen molar-refractivity contribution in [3.63, 3.8) is 0 Å². The van der Waals surface area contributed by atoms with Gasteiger partial charge in [0.2, 0.25) is 0 Å². The summed E-state index contributed by atoms with van der Waals surface area (Å²) in [6.07, 6.45) is 2.63. The van der Waals surface area contributed by atoms with Gasteiger partial charge in [0.25, 0.3) is 0 Å². The molecule has 0 spiro atoms. The van der Waals surface area contributed by atoms with E-state index in [0.29, 0.717) is 44.9 Å². The summed E-state index contributed by atoms with van der Waals surface area (Å²) in [5.74, 6) is 1.52. The maximum absolute atomic E-state index is 13.5. The average molecular weight is 611 g/mol. The smallest absolute Gasteiger partial charge is 0.149 e. The summed E-state index contributed by atoms with van der Waals surface area (Å²) in [5, 5.41) is 5.84. The number of rotatable bonds is 11. The van der Waals surface area contributed by atoms with E-state index in [1.807, 2.05) is 18.2 Å². The second kappa shape index (κ2) is 12.5. The second-order valence-corrected chi connectivity index (χ2v) is 12.3. The monoisotopic (exact) mass is 610 g/mol. The van der Waals surface area contributed by atoms with Gasteiger partial charge >= 0.3 is 0 Å². The van der Waals surface area contributed by atoms with Gasteiger partial charge in [-0.05, 0) is 66.2 Å². The lowest BCUT2D eigenvalue weighted by atomic mass is 10.1. The van der Waals surface area contributed by atoms with Crippen LogP contribution >= 0.6 is 11.6 Å². The fourth-order valence-electron chi connectivity index (χ4n) is 4.40. The van der Waals surface area contributed by atoms with Crippen molar-refractivity contribution in [3.8, 4) is 17.1 Å². The number of aromatic nitrogens is 2. The molecule has 5 aromatic rings. The van der Waals surface area contributed by atoms with Gasteiger partial charge in [0.05, 0.1) is 23.4 Å². The van der Waals surface area contributed by atoms with Crippen molar-refractivity contribution >= 4 is 43.8 Å². The highest BCUT2D eigenvalue weighted by atomic mass is 35.5. The summed E-state index contributed by atoms with van der Waals surface area (Å²) in [4.78, 5) is 14.1. The molecule has 0 aliphatic rings. The Labute approximate surface area is 247 Å². The van der Waals surface area contributed by atoms with Gasteiger partial charge in [0.15, 0.2) is 0 Å². The van der Waals surface area contributed by atoms with Crippen LogP contribution in [0.4, 0.5) is 15.9 Å². The molecule has 0 aliphatic carbocycles. The van der Waals surface area contributed by atoms with Crippen LogP contribution in [0, 0.1) is 5.82 Å². The largest absolute Gasteiger partial charge is 0.487 e. The van der Waals surface area contributed by atoms with Crippen LogP contribution in [0.2, 0.25) is 5.02 Å². The van der Waals surface area contributed by atoms with Crippen molar-refractivity contribution in [2.75, 3.05) is 31.5 Å². The Morgan fingerprint density at radius 3 is 2.64 bits per heavy atom. The van der Waals surface area contributed by atoms with E-state index in [-0.39, 0.29) is 18.2 Å². The third-order valence-corrected chi connectivity index (χ3v) is 7.76. The van der Waals surface area contributed by atoms with E-state index < -0.39 is 15.9 Å². The van der Waals surface area contributed by atoms with Crippen LogP contribution in [0.1, 0.15) is 17.4 Å². The maximum atomic E-state index is 13.5. The number of anilines is 2. The van der Waals surface area contributed by atoms with Crippen LogP contribution in [-0.4, -0.2) is 49.6 Å². The summed E-state index contributed by atoms with van der Waals surface area (Å²) in [6.45, 7) is 0.175. The predicted molar refractivity (Wildman–Crippen MR) is 160 cm³/mol. The molecular formula is C30H28ClFN4O5S. The molecule has 0 radical (unpaired) electrons. The van der Waals surface area contributed by atoms with E-state index in [0.717, 1.165) is 10.9 Å². The number of nitrogens with one attached hydrogen (secondary N) is 1. The number of nitrogens with zero attached hydrogens (tertiary/aromatic N) is 3. The number of benzene rings is 3. The van der Waals surface area contributed by atoms with Crippen LogP contribution in [0.15, 0.2) is 83.5 Å². The van der Waals surface area contributed by atoms with E-state index in [9.17, 15) is 12.8 Å². The summed E-state index contributed by atoms with van der Waals surface area (Å²) >= 11 is 6.48. The zero-order chi connectivity index (χ0) is 29.9. The van der Waals surface area contributed by atoms with E-state index in [1.165, 1.54) is 36.9 Å². The summed E-state index contributed by atoms with van der Waals surface area (Å²) in [5.41, 5.74) is 2.83. The lowest BCUT2D eigenvalue weighted by molar-refractivity contribution is -0.140. The molecule has 0 saturated carbocycles. The first kappa shape index (κ1) is 29.5. The average Bonchev–Trinajstić information content (AvgIpc) is 3.45. The molecule has 1 atom stereocenters. The van der Waals surface area contributed by atoms with Gasteiger partial charge in [-0.25, -0.2) is 22.8 Å². The Balaban J connectivity index is 1.38. The molecule has 12 heteroatoms. The Bertz CT molecular complexity index is 1830. The van der Waals surface area contributed by atoms with Gasteiger partial charge in [-0.3, -0.25) is 0 Å². The van der Waals surface area contributed by atoms with Gasteiger partial charge in [0, 0.05) is 29.9 Å². The highest BCUT2D eigenvalue weighted by Crippen LogP contribution is 2.34. The molecule has 9 nitrogen and oxygen atoms in total. The lowest BCUT2D eigenvalue weighted by Gasteiger charge is -2.23. The first-order valence-electron chi connectivity index (χ1n) is 12.8. The predicted octanol–water partition coefficient (Wildman–Crippen LogP) is 6.58. The van der Waals surface area contributed by atoms with Crippen molar-refractivity contribution in [3.05, 3.63) is 101 Å². The quantitative estimate of drug-likeness (QED) is 0.166. The molecule has 1 N–H and O–H groups in total. The van der Waals surface area contributed by atoms with E-state index in [1.54, 1.807) is 49.5 Å². The third-order valence-electron chi connectivity index (χ3n) is 6.54. The van der Waals surface area contributed by atoms with Crippen LogP contribution in [0.3, 0.4) is 0 Å². The minimum Gasteiger partial charge on any atom is -0.487 e. The summed E-state index contributed by atoms with van der Waals surface area (Å²) in [7, 11) is -0.186. The van der Waals surface area contributed by atoms with Crippen molar-refractivity contribution in [2.45, 2.75) is 12.6 Å². The fourth-order valence-corrected chi connectivity index (χ4v) is 5.58. The highest BCUT2D eigenvalue weighted by molar-refractivity contribution is 7.90. The van der Waals surface area contributed by atoms with Crippen LogP contribution in [-0.2, 0) is 21.3 Å². The molecule has 1 unspecified atom stereocenters. The molecule has 0 aliphatic heterocycles. The Kier molecular flexibility index (Phi) is 8.74. The Hall–Kier alpha value is -4.03. The zero-order valence-electron chi connectivity index (χ0n) is 23.0. The van der Waals surface area contributed by atoms with E-state index in [4.69, 9.17) is 25.6 Å². The van der Waals surface area contributed by atoms with E-state index in [2.05, 4.69) is 15.3 Å². The minimum absolute atomic E-state index is 0.166. The van der Waals surface area contributed by atoms with Gasteiger partial charge < -0.3 is 19.3 Å². The first-order chi connectivity index (χ1) is 20.1. The molecule has 0 saturated heterocycles. The van der Waals surface area contributed by atoms with Gasteiger partial charge in [-0.15, -0.1) is 0 Å². The van der Waals surface area contributed by atoms with Gasteiger partial charge in [-0.2, -0.15) is 5.06 Å². The van der Waals surface area contributed by atoms with Crippen LogP contribution in [0.25, 0.3) is 22.2 Å². The topological polar surface area (TPSA) is 107 Å². The lowest BCUT2D eigenvalue weighted by Crippen LogP contribution is -2.29. The molecule has 3 aromatic carbocycles. The molecule has 42 heavy (non-hydrogen) atoms. The molecule has 0 amide bonds. The number of sulfone groups is 1. The number of fused-ring (bicyclic) bond motifs is 1. The maximum Gasteiger partial charge on any atom is 0.149 e. The van der Waals surface area contributed by atoms with Crippen LogP contribution in [0.5, 0.6) is 5.75 Å². The van der Waals surface area contributed by atoms with Crippen molar-refractivity contribution in [1.82, 2.24) is 15.0 Å².